The summed E-state index contributed by atoms with van der Waals surface area (Å²) >= 11 is 0. The molecule has 1 N–H and O–H groups in total. The highest BCUT2D eigenvalue weighted by molar-refractivity contribution is 5.19. The largest absolute Gasteiger partial charge is 0.491 e. The van der Waals surface area contributed by atoms with Crippen molar-refractivity contribution < 1.29 is 9.84 Å². The van der Waals surface area contributed by atoms with Crippen LogP contribution in [0.3, 0.4) is 0 Å². The Balaban J connectivity index is 1.71. The maximum atomic E-state index is 8.84. The lowest BCUT2D eigenvalue weighted by atomic mass is 10.3. The summed E-state index contributed by atoms with van der Waals surface area (Å²) in [6.45, 7) is 4.08. The van der Waals surface area contributed by atoms with Gasteiger partial charge in [-0.3, -0.25) is 9.88 Å². The average Bonchev–Trinajstić information content (AvgIpc) is 2.83. The molecule has 0 amide bonds. The van der Waals surface area contributed by atoms with Crippen LogP contribution in [0.15, 0.2) is 18.3 Å². The first kappa shape index (κ1) is 11.4. The lowest BCUT2D eigenvalue weighted by Crippen LogP contribution is -2.25. The third kappa shape index (κ3) is 3.18. The number of ether oxygens (including phenoxy) is 1. The van der Waals surface area contributed by atoms with Gasteiger partial charge in [0.25, 0.3) is 0 Å². The van der Waals surface area contributed by atoms with Crippen molar-refractivity contribution in [1.29, 1.82) is 0 Å². The Morgan fingerprint density at radius 2 is 2.12 bits per heavy atom. The third-order valence-corrected chi connectivity index (χ3v) is 2.83. The van der Waals surface area contributed by atoms with Gasteiger partial charge in [-0.05, 0) is 38.1 Å². The van der Waals surface area contributed by atoms with Crippen LogP contribution in [0.25, 0.3) is 0 Å². The Morgan fingerprint density at radius 3 is 2.75 bits per heavy atom. The zero-order chi connectivity index (χ0) is 11.2. The Kier molecular flexibility index (Phi) is 4.13. The lowest BCUT2D eigenvalue weighted by molar-refractivity contribution is 0.236. The van der Waals surface area contributed by atoms with Crippen molar-refractivity contribution >= 4 is 0 Å². The highest BCUT2D eigenvalue weighted by Crippen LogP contribution is 2.10. The summed E-state index contributed by atoms with van der Waals surface area (Å²) in [7, 11) is 0. The van der Waals surface area contributed by atoms with E-state index < -0.39 is 0 Å². The predicted octanol–water partition coefficient (Wildman–Crippen LogP) is 1.05. The fourth-order valence-corrected chi connectivity index (χ4v) is 1.89. The number of aliphatic hydroxyl groups is 1. The summed E-state index contributed by atoms with van der Waals surface area (Å²) in [5, 5.41) is 8.84. The first-order valence-electron chi connectivity index (χ1n) is 5.79. The van der Waals surface area contributed by atoms with Crippen molar-refractivity contribution in [3.05, 3.63) is 24.0 Å². The number of aromatic nitrogens is 1. The Bertz CT molecular complexity index is 307. The van der Waals surface area contributed by atoms with E-state index in [1.54, 1.807) is 12.3 Å². The van der Waals surface area contributed by atoms with Crippen molar-refractivity contribution in [1.82, 2.24) is 9.88 Å². The van der Waals surface area contributed by atoms with Gasteiger partial charge >= 0.3 is 0 Å². The Hall–Kier alpha value is -1.13. The van der Waals surface area contributed by atoms with E-state index in [1.807, 2.05) is 6.07 Å². The molecular weight excluding hydrogens is 204 g/mol. The van der Waals surface area contributed by atoms with Gasteiger partial charge in [0.1, 0.15) is 12.4 Å². The minimum atomic E-state index is -0.0198. The van der Waals surface area contributed by atoms with Crippen molar-refractivity contribution in [3.8, 4) is 5.75 Å². The number of hydrogen-bond acceptors (Lipinski definition) is 4. The molecule has 2 heterocycles. The van der Waals surface area contributed by atoms with E-state index in [0.29, 0.717) is 12.3 Å². The number of likely N-dealkylation sites (tertiary alicyclic amines) is 1. The summed E-state index contributed by atoms with van der Waals surface area (Å²) in [5.74, 6) is 0.774. The fourth-order valence-electron chi connectivity index (χ4n) is 1.89. The van der Waals surface area contributed by atoms with E-state index in [2.05, 4.69) is 9.88 Å². The molecule has 0 saturated carbocycles. The first-order valence-corrected chi connectivity index (χ1v) is 5.79. The molecule has 1 aliphatic rings. The van der Waals surface area contributed by atoms with Crippen molar-refractivity contribution in [2.45, 2.75) is 19.4 Å². The maximum Gasteiger partial charge on any atom is 0.137 e. The van der Waals surface area contributed by atoms with Gasteiger partial charge in [0.2, 0.25) is 0 Å². The van der Waals surface area contributed by atoms with Gasteiger partial charge in [-0.2, -0.15) is 0 Å². The van der Waals surface area contributed by atoms with Gasteiger partial charge in [-0.1, -0.05) is 0 Å². The lowest BCUT2D eigenvalue weighted by Gasteiger charge is -2.14. The predicted molar refractivity (Wildman–Crippen MR) is 61.3 cm³/mol. The average molecular weight is 222 g/mol. The monoisotopic (exact) mass is 222 g/mol. The van der Waals surface area contributed by atoms with Crippen molar-refractivity contribution in [3.63, 3.8) is 0 Å². The van der Waals surface area contributed by atoms with E-state index in [1.165, 1.54) is 25.9 Å². The van der Waals surface area contributed by atoms with Gasteiger partial charge in [-0.15, -0.1) is 0 Å². The molecule has 1 fully saturated rings. The topological polar surface area (TPSA) is 45.6 Å². The van der Waals surface area contributed by atoms with Gasteiger partial charge < -0.3 is 9.84 Å². The van der Waals surface area contributed by atoms with E-state index in [9.17, 15) is 0 Å². The van der Waals surface area contributed by atoms with Gasteiger partial charge in [0, 0.05) is 6.54 Å². The van der Waals surface area contributed by atoms with Gasteiger partial charge in [0.15, 0.2) is 0 Å². The molecule has 1 aromatic heterocycles. The molecule has 1 saturated heterocycles. The van der Waals surface area contributed by atoms with Crippen LogP contribution in [-0.2, 0) is 6.61 Å². The Morgan fingerprint density at radius 1 is 1.31 bits per heavy atom. The zero-order valence-electron chi connectivity index (χ0n) is 9.43. The number of hydrogen-bond donors (Lipinski definition) is 1. The minimum Gasteiger partial charge on any atom is -0.491 e. The van der Waals surface area contributed by atoms with Crippen LogP contribution < -0.4 is 4.74 Å². The smallest absolute Gasteiger partial charge is 0.137 e. The molecule has 0 radical (unpaired) electrons. The summed E-state index contributed by atoms with van der Waals surface area (Å²) in [6.07, 6.45) is 4.29. The molecule has 1 aliphatic heterocycles. The second kappa shape index (κ2) is 5.82. The highest BCUT2D eigenvalue weighted by Gasteiger charge is 2.10. The van der Waals surface area contributed by atoms with Crippen LogP contribution in [0.1, 0.15) is 18.5 Å². The molecule has 0 spiro atoms. The summed E-state index contributed by atoms with van der Waals surface area (Å²) in [6, 6.07) is 3.63. The molecule has 0 unspecified atom stereocenters. The molecule has 4 nitrogen and oxygen atoms in total. The van der Waals surface area contributed by atoms with E-state index in [-0.39, 0.29) is 6.61 Å². The molecule has 0 aliphatic carbocycles. The van der Waals surface area contributed by atoms with Crippen LogP contribution in [-0.4, -0.2) is 41.2 Å². The molecule has 1 aromatic rings. The number of aliphatic hydroxyl groups excluding tert-OH is 1. The summed E-state index contributed by atoms with van der Waals surface area (Å²) in [4.78, 5) is 6.47. The summed E-state index contributed by atoms with van der Waals surface area (Å²) in [5.41, 5.74) is 0.673. The van der Waals surface area contributed by atoms with E-state index >= 15 is 0 Å². The van der Waals surface area contributed by atoms with Crippen molar-refractivity contribution in [2.75, 3.05) is 26.2 Å². The summed E-state index contributed by atoms with van der Waals surface area (Å²) < 4.78 is 5.58. The highest BCUT2D eigenvalue weighted by atomic mass is 16.5. The van der Waals surface area contributed by atoms with Crippen LogP contribution >= 0.6 is 0 Å². The first-order chi connectivity index (χ1) is 7.88. The van der Waals surface area contributed by atoms with Crippen molar-refractivity contribution in [2.24, 2.45) is 0 Å². The molecule has 4 heteroatoms. The second-order valence-corrected chi connectivity index (χ2v) is 4.04. The molecule has 0 bridgehead atoms. The van der Waals surface area contributed by atoms with Gasteiger partial charge in [0.05, 0.1) is 18.5 Å². The third-order valence-electron chi connectivity index (χ3n) is 2.83. The molecule has 2 rings (SSSR count). The van der Waals surface area contributed by atoms with E-state index in [4.69, 9.17) is 9.84 Å². The molecule has 0 atom stereocenters. The Labute approximate surface area is 95.9 Å². The van der Waals surface area contributed by atoms with Crippen LogP contribution in [0, 0.1) is 0 Å². The number of nitrogens with zero attached hydrogens (tertiary/aromatic N) is 2. The van der Waals surface area contributed by atoms with Crippen LogP contribution in [0.4, 0.5) is 0 Å². The van der Waals surface area contributed by atoms with E-state index in [0.717, 1.165) is 12.3 Å². The van der Waals surface area contributed by atoms with Crippen LogP contribution in [0.2, 0.25) is 0 Å². The quantitative estimate of drug-likeness (QED) is 0.809. The minimum absolute atomic E-state index is 0.0198. The normalized spacial score (nSPS) is 16.6. The molecule has 16 heavy (non-hydrogen) atoms. The molecular formula is C12H18N2O2. The standard InChI is InChI=1S/C12H18N2O2/c15-10-11-3-4-12(9-13-11)16-8-7-14-5-1-2-6-14/h3-4,9,15H,1-2,5-8,10H2. The SMILES string of the molecule is OCc1ccc(OCCN2CCCC2)cn1. The number of pyridine rings is 1. The second-order valence-electron chi connectivity index (χ2n) is 4.04. The van der Waals surface area contributed by atoms with Crippen LogP contribution in [0.5, 0.6) is 5.75 Å². The zero-order valence-corrected chi connectivity index (χ0v) is 9.43. The number of rotatable bonds is 5. The maximum absolute atomic E-state index is 8.84. The molecule has 88 valence electrons. The van der Waals surface area contributed by atoms with Gasteiger partial charge in [-0.25, -0.2) is 0 Å². The molecule has 0 aromatic carbocycles. The fraction of sp³-hybridized carbons (Fsp3) is 0.583.